The monoisotopic (exact) mass is 542 g/mol. The second-order valence-corrected chi connectivity index (χ2v) is 10.8. The van der Waals surface area contributed by atoms with E-state index in [0.29, 0.717) is 57.6 Å². The van der Waals surface area contributed by atoms with Gasteiger partial charge in [-0.15, -0.1) is 0 Å². The third kappa shape index (κ3) is 5.10. The average Bonchev–Trinajstić information content (AvgIpc) is 3.25. The molecular weight excluding hydrogens is 514 g/mol. The van der Waals surface area contributed by atoms with Crippen LogP contribution in [0.2, 0.25) is 10.0 Å². The van der Waals surface area contributed by atoms with Crippen LogP contribution in [-0.4, -0.2) is 44.8 Å². The lowest BCUT2D eigenvalue weighted by atomic mass is 9.90. The molecule has 1 fully saturated rings. The minimum Gasteiger partial charge on any atom is -0.486 e. The molecular formula is C27H29Cl2FN6O. The summed E-state index contributed by atoms with van der Waals surface area (Å²) in [5.41, 5.74) is 2.60. The van der Waals surface area contributed by atoms with Gasteiger partial charge in [-0.05, 0) is 51.5 Å². The van der Waals surface area contributed by atoms with Crippen LogP contribution in [0.25, 0.3) is 22.2 Å². The van der Waals surface area contributed by atoms with Crippen molar-refractivity contribution in [2.24, 2.45) is 0 Å². The van der Waals surface area contributed by atoms with Gasteiger partial charge >= 0.3 is 0 Å². The van der Waals surface area contributed by atoms with E-state index in [1.807, 2.05) is 30.0 Å². The molecule has 4 aromatic rings. The number of ether oxygens (including phenoxy) is 1. The molecule has 5 rings (SSSR count). The second-order valence-electron chi connectivity index (χ2n) is 9.96. The quantitative estimate of drug-likeness (QED) is 0.262. The number of halogens is 3. The largest absolute Gasteiger partial charge is 0.486 e. The van der Waals surface area contributed by atoms with Gasteiger partial charge in [-0.25, -0.2) is 9.37 Å². The molecule has 7 nitrogen and oxygen atoms in total. The second kappa shape index (κ2) is 10.1. The number of aromatic nitrogens is 4. The maximum absolute atomic E-state index is 15.2. The van der Waals surface area contributed by atoms with Crippen molar-refractivity contribution in [1.29, 1.82) is 0 Å². The number of nitrogens with zero attached hydrogens (tertiary/aromatic N) is 4. The summed E-state index contributed by atoms with van der Waals surface area (Å²) < 4.78 is 21.3. The van der Waals surface area contributed by atoms with Crippen LogP contribution in [0.5, 0.6) is 5.75 Å². The molecule has 2 atom stereocenters. The molecule has 37 heavy (non-hydrogen) atoms. The Balaban J connectivity index is 1.36. The van der Waals surface area contributed by atoms with E-state index >= 15 is 4.39 Å². The van der Waals surface area contributed by atoms with Crippen molar-refractivity contribution in [3.63, 3.8) is 0 Å². The number of hydrogen-bond acceptors (Lipinski definition) is 6. The topological polar surface area (TPSA) is 79.0 Å². The Morgan fingerprint density at radius 1 is 1.16 bits per heavy atom. The van der Waals surface area contributed by atoms with Crippen LogP contribution < -0.4 is 15.0 Å². The summed E-state index contributed by atoms with van der Waals surface area (Å²) >= 11 is 12.6. The van der Waals surface area contributed by atoms with Gasteiger partial charge in [0.1, 0.15) is 17.5 Å². The Hall–Kier alpha value is -2.94. The van der Waals surface area contributed by atoms with E-state index < -0.39 is 6.10 Å². The molecule has 0 saturated carbocycles. The van der Waals surface area contributed by atoms with E-state index in [9.17, 15) is 0 Å². The fourth-order valence-corrected chi connectivity index (χ4v) is 5.56. The number of hydrogen-bond donors (Lipinski definition) is 2. The first-order valence-electron chi connectivity index (χ1n) is 12.3. The molecule has 10 heteroatoms. The SMILES string of the molecule is CC[C@@H](C)NC1(C)CN(c2ncc(-c3n[nH]c4ccc(O[C@H](C)c5c(Cl)cncc5Cl)cc34)cc2F)C1. The maximum Gasteiger partial charge on any atom is 0.166 e. The summed E-state index contributed by atoms with van der Waals surface area (Å²) in [6, 6.07) is 7.46. The van der Waals surface area contributed by atoms with Crippen LogP contribution in [0.3, 0.4) is 0 Å². The Kier molecular flexibility index (Phi) is 7.00. The van der Waals surface area contributed by atoms with Crippen molar-refractivity contribution in [2.75, 3.05) is 18.0 Å². The molecule has 0 radical (unpaired) electrons. The molecule has 2 N–H and O–H groups in total. The van der Waals surface area contributed by atoms with Crippen LogP contribution in [0.15, 0.2) is 42.9 Å². The Labute approximate surface area is 225 Å². The lowest BCUT2D eigenvalue weighted by molar-refractivity contribution is 0.227. The fraction of sp³-hybridized carbons (Fsp3) is 0.370. The zero-order valence-electron chi connectivity index (χ0n) is 21.1. The third-order valence-electron chi connectivity index (χ3n) is 6.83. The van der Waals surface area contributed by atoms with Crippen LogP contribution in [0, 0.1) is 5.82 Å². The van der Waals surface area contributed by atoms with E-state index in [1.54, 1.807) is 6.20 Å². The molecule has 1 aromatic carbocycles. The fourth-order valence-electron chi connectivity index (χ4n) is 4.89. The van der Waals surface area contributed by atoms with E-state index in [4.69, 9.17) is 27.9 Å². The first kappa shape index (κ1) is 25.7. The van der Waals surface area contributed by atoms with E-state index in [2.05, 4.69) is 46.3 Å². The molecule has 194 valence electrons. The van der Waals surface area contributed by atoms with E-state index in [0.717, 1.165) is 17.3 Å². The molecule has 3 aromatic heterocycles. The molecule has 0 aliphatic carbocycles. The van der Waals surface area contributed by atoms with Crippen LogP contribution in [-0.2, 0) is 0 Å². The Bertz CT molecular complexity index is 1420. The van der Waals surface area contributed by atoms with Gasteiger partial charge in [-0.2, -0.15) is 5.10 Å². The van der Waals surface area contributed by atoms with Crippen LogP contribution in [0.4, 0.5) is 10.2 Å². The van der Waals surface area contributed by atoms with Crippen molar-refractivity contribution in [3.05, 3.63) is 64.3 Å². The van der Waals surface area contributed by atoms with Gasteiger partial charge in [-0.3, -0.25) is 10.1 Å². The zero-order valence-corrected chi connectivity index (χ0v) is 22.7. The molecule has 0 spiro atoms. The van der Waals surface area contributed by atoms with Crippen LogP contribution >= 0.6 is 23.2 Å². The molecule has 1 aliphatic heterocycles. The smallest absolute Gasteiger partial charge is 0.166 e. The first-order valence-corrected chi connectivity index (χ1v) is 13.1. The van der Waals surface area contributed by atoms with Gasteiger partial charge < -0.3 is 15.0 Å². The highest BCUT2D eigenvalue weighted by Gasteiger charge is 2.40. The number of aromatic amines is 1. The minimum atomic E-state index is -0.411. The van der Waals surface area contributed by atoms with Crippen molar-refractivity contribution < 1.29 is 9.13 Å². The Morgan fingerprint density at radius 3 is 2.57 bits per heavy atom. The number of anilines is 1. The molecule has 4 heterocycles. The number of pyridine rings is 2. The summed E-state index contributed by atoms with van der Waals surface area (Å²) in [7, 11) is 0. The van der Waals surface area contributed by atoms with Crippen molar-refractivity contribution in [3.8, 4) is 17.0 Å². The highest BCUT2D eigenvalue weighted by atomic mass is 35.5. The highest BCUT2D eigenvalue weighted by Crippen LogP contribution is 2.36. The summed E-state index contributed by atoms with van der Waals surface area (Å²) in [6.07, 6.45) is 5.37. The zero-order chi connectivity index (χ0) is 26.3. The van der Waals surface area contributed by atoms with Gasteiger partial charge in [0.2, 0.25) is 0 Å². The van der Waals surface area contributed by atoms with Gasteiger partial charge in [0.05, 0.1) is 21.1 Å². The molecule has 1 saturated heterocycles. The van der Waals surface area contributed by atoms with E-state index in [-0.39, 0.29) is 11.4 Å². The first-order chi connectivity index (χ1) is 17.7. The number of nitrogens with one attached hydrogen (secondary N) is 2. The molecule has 0 bridgehead atoms. The lowest BCUT2D eigenvalue weighted by Gasteiger charge is -2.50. The van der Waals surface area contributed by atoms with Crippen molar-refractivity contribution in [2.45, 2.75) is 51.8 Å². The standard InChI is InChI=1S/C27H29Cl2FN6O/c1-5-15(2)33-27(4)13-36(14-27)26-22(30)8-17(10-32-26)25-19-9-18(6-7-23(19)34-35-25)37-16(3)24-20(28)11-31-12-21(24)29/h6-12,15-16,33H,5,13-14H2,1-4H3,(H,34,35)/t15-,16-/m1/s1. The summed E-state index contributed by atoms with van der Waals surface area (Å²) in [6.45, 7) is 9.75. The summed E-state index contributed by atoms with van der Waals surface area (Å²) in [5.74, 6) is 0.587. The Morgan fingerprint density at radius 2 is 1.89 bits per heavy atom. The summed E-state index contributed by atoms with van der Waals surface area (Å²) in [5, 5.41) is 12.7. The minimum absolute atomic E-state index is 0.0428. The lowest BCUT2D eigenvalue weighted by Crippen LogP contribution is -2.69. The van der Waals surface area contributed by atoms with E-state index in [1.165, 1.54) is 18.5 Å². The van der Waals surface area contributed by atoms with Gasteiger partial charge in [-0.1, -0.05) is 30.1 Å². The van der Waals surface area contributed by atoms with Crippen molar-refractivity contribution in [1.82, 2.24) is 25.5 Å². The number of H-pyrrole nitrogens is 1. The molecule has 0 unspecified atom stereocenters. The summed E-state index contributed by atoms with van der Waals surface area (Å²) in [4.78, 5) is 10.4. The van der Waals surface area contributed by atoms with Gasteiger partial charge in [0, 0.05) is 54.2 Å². The predicted octanol–water partition coefficient (Wildman–Crippen LogP) is 6.57. The normalized spacial score (nSPS) is 16.5. The highest BCUT2D eigenvalue weighted by molar-refractivity contribution is 6.35. The average molecular weight is 543 g/mol. The maximum atomic E-state index is 15.2. The predicted molar refractivity (Wildman–Crippen MR) is 146 cm³/mol. The number of benzene rings is 1. The van der Waals surface area contributed by atoms with Gasteiger partial charge in [0.15, 0.2) is 11.6 Å². The number of rotatable bonds is 8. The van der Waals surface area contributed by atoms with Gasteiger partial charge in [0.25, 0.3) is 0 Å². The third-order valence-corrected chi connectivity index (χ3v) is 7.43. The van der Waals surface area contributed by atoms with Crippen molar-refractivity contribution >= 4 is 39.9 Å². The van der Waals surface area contributed by atoms with Crippen LogP contribution in [0.1, 0.15) is 45.8 Å². The number of fused-ring (bicyclic) bond motifs is 1. The molecule has 1 aliphatic rings. The molecule has 0 amide bonds.